The van der Waals surface area contributed by atoms with Gasteiger partial charge in [-0.3, -0.25) is 14.6 Å². The van der Waals surface area contributed by atoms with Crippen LogP contribution in [0.4, 0.5) is 0 Å². The van der Waals surface area contributed by atoms with Crippen LogP contribution in [-0.2, 0) is 0 Å². The van der Waals surface area contributed by atoms with Crippen molar-refractivity contribution < 1.29 is 9.59 Å². The molecule has 2 aromatic rings. The fourth-order valence-corrected chi connectivity index (χ4v) is 2.04. The first-order chi connectivity index (χ1) is 10.5. The summed E-state index contributed by atoms with van der Waals surface area (Å²) < 4.78 is 0. The lowest BCUT2D eigenvalue weighted by molar-refractivity contribution is 0.0947. The maximum absolute atomic E-state index is 12.1. The minimum Gasteiger partial charge on any atom is -0.352 e. The summed E-state index contributed by atoms with van der Waals surface area (Å²) >= 11 is 0. The van der Waals surface area contributed by atoms with Crippen molar-refractivity contribution in [3.63, 3.8) is 0 Å². The predicted molar refractivity (Wildman–Crippen MR) is 86.8 cm³/mol. The molecule has 0 unspecified atom stereocenters. The Bertz CT molecular complexity index is 693. The molecule has 22 heavy (non-hydrogen) atoms. The zero-order chi connectivity index (χ0) is 16.1. The van der Waals surface area contributed by atoms with Crippen LogP contribution in [0.25, 0.3) is 11.1 Å². The summed E-state index contributed by atoms with van der Waals surface area (Å²) in [5, 5.41) is 2.87. The third-order valence-corrected chi connectivity index (χ3v) is 3.27. The quantitative estimate of drug-likeness (QED) is 0.861. The van der Waals surface area contributed by atoms with Gasteiger partial charge in [-0.15, -0.1) is 0 Å². The van der Waals surface area contributed by atoms with E-state index in [4.69, 9.17) is 0 Å². The Morgan fingerprint density at radius 2 is 1.82 bits per heavy atom. The molecule has 1 aromatic carbocycles. The van der Waals surface area contributed by atoms with Crippen molar-refractivity contribution in [1.82, 2.24) is 10.3 Å². The number of carbonyl (C=O) groups excluding carboxylic acids is 2. The van der Waals surface area contributed by atoms with Gasteiger partial charge in [-0.05, 0) is 30.5 Å². The van der Waals surface area contributed by atoms with Crippen molar-refractivity contribution in [1.29, 1.82) is 0 Å². The van der Waals surface area contributed by atoms with Gasteiger partial charge >= 0.3 is 0 Å². The Kier molecular flexibility index (Phi) is 5.04. The van der Waals surface area contributed by atoms with Gasteiger partial charge in [0.2, 0.25) is 0 Å². The third-order valence-electron chi connectivity index (χ3n) is 3.27. The van der Waals surface area contributed by atoms with Crippen LogP contribution in [0.1, 0.15) is 41.5 Å². The number of nitrogens with one attached hydrogen (secondary N) is 1. The number of amides is 1. The van der Waals surface area contributed by atoms with Crippen LogP contribution in [-0.4, -0.2) is 23.2 Å². The van der Waals surface area contributed by atoms with Crippen LogP contribution in [0.15, 0.2) is 42.7 Å². The Balaban J connectivity index is 2.26. The Morgan fingerprint density at radius 3 is 2.50 bits per heavy atom. The lowest BCUT2D eigenvalue weighted by atomic mass is 10.0. The van der Waals surface area contributed by atoms with Crippen LogP contribution in [0, 0.1) is 5.92 Å². The Morgan fingerprint density at radius 1 is 1.09 bits per heavy atom. The summed E-state index contributed by atoms with van der Waals surface area (Å²) in [5.41, 5.74) is 2.86. The first-order valence-corrected chi connectivity index (χ1v) is 7.32. The van der Waals surface area contributed by atoms with Crippen LogP contribution < -0.4 is 5.32 Å². The van der Waals surface area contributed by atoms with E-state index in [0.29, 0.717) is 23.6 Å². The number of carbonyl (C=O) groups is 2. The maximum Gasteiger partial charge on any atom is 0.252 e. The molecule has 0 saturated heterocycles. The molecule has 0 fully saturated rings. The molecule has 114 valence electrons. The zero-order valence-electron chi connectivity index (χ0n) is 13.1. The fourth-order valence-electron chi connectivity index (χ4n) is 2.04. The van der Waals surface area contributed by atoms with Gasteiger partial charge < -0.3 is 5.32 Å². The van der Waals surface area contributed by atoms with Crippen molar-refractivity contribution >= 4 is 11.7 Å². The van der Waals surface area contributed by atoms with Crippen molar-refractivity contribution in [2.45, 2.75) is 20.8 Å². The molecule has 4 nitrogen and oxygen atoms in total. The van der Waals surface area contributed by atoms with E-state index in [9.17, 15) is 9.59 Å². The lowest BCUT2D eigenvalue weighted by Crippen LogP contribution is -2.27. The van der Waals surface area contributed by atoms with Crippen molar-refractivity contribution in [2.75, 3.05) is 6.54 Å². The van der Waals surface area contributed by atoms with E-state index in [1.165, 1.54) is 6.92 Å². The lowest BCUT2D eigenvalue weighted by Gasteiger charge is -2.09. The summed E-state index contributed by atoms with van der Waals surface area (Å²) in [6.45, 7) is 6.25. The number of aromatic nitrogens is 1. The highest BCUT2D eigenvalue weighted by Crippen LogP contribution is 2.21. The molecular formula is C18H20N2O2. The molecule has 0 aliphatic heterocycles. The molecule has 1 amide bonds. The normalized spacial score (nSPS) is 10.5. The number of benzene rings is 1. The van der Waals surface area contributed by atoms with E-state index in [2.05, 4.69) is 10.3 Å². The van der Waals surface area contributed by atoms with Gasteiger partial charge in [-0.2, -0.15) is 0 Å². The number of hydrogen-bond donors (Lipinski definition) is 1. The standard InChI is InChI=1S/C18H20N2O2/c1-12(2)9-20-18(22)17-8-16(10-19-11-17)15-6-4-5-14(7-15)13(3)21/h4-8,10-12H,9H2,1-3H3,(H,20,22). The third kappa shape index (κ3) is 4.01. The van der Waals surface area contributed by atoms with Gasteiger partial charge in [-0.1, -0.05) is 32.0 Å². The second-order valence-electron chi connectivity index (χ2n) is 5.70. The van der Waals surface area contributed by atoms with Crippen LogP contribution in [0.3, 0.4) is 0 Å². The van der Waals surface area contributed by atoms with Crippen LogP contribution >= 0.6 is 0 Å². The molecule has 0 aliphatic carbocycles. The molecule has 0 bridgehead atoms. The molecule has 4 heteroatoms. The molecular weight excluding hydrogens is 276 g/mol. The zero-order valence-corrected chi connectivity index (χ0v) is 13.1. The van der Waals surface area contributed by atoms with Gasteiger partial charge in [0.05, 0.1) is 5.56 Å². The number of pyridine rings is 1. The number of hydrogen-bond acceptors (Lipinski definition) is 3. The molecule has 1 heterocycles. The fraction of sp³-hybridized carbons (Fsp3) is 0.278. The van der Waals surface area contributed by atoms with E-state index in [1.807, 2.05) is 32.0 Å². The van der Waals surface area contributed by atoms with E-state index in [0.717, 1.165) is 11.1 Å². The SMILES string of the molecule is CC(=O)c1cccc(-c2cncc(C(=O)NCC(C)C)c2)c1. The largest absolute Gasteiger partial charge is 0.352 e. The van der Waals surface area contributed by atoms with Crippen molar-refractivity contribution in [2.24, 2.45) is 5.92 Å². The monoisotopic (exact) mass is 296 g/mol. The number of nitrogens with zero attached hydrogens (tertiary/aromatic N) is 1. The van der Waals surface area contributed by atoms with Gasteiger partial charge in [0.25, 0.3) is 5.91 Å². The maximum atomic E-state index is 12.1. The highest BCUT2D eigenvalue weighted by Gasteiger charge is 2.09. The van der Waals surface area contributed by atoms with Gasteiger partial charge in [0.15, 0.2) is 5.78 Å². The molecule has 0 saturated carbocycles. The summed E-state index contributed by atoms with van der Waals surface area (Å²) in [6, 6.07) is 9.12. The van der Waals surface area contributed by atoms with E-state index in [-0.39, 0.29) is 11.7 Å². The van der Waals surface area contributed by atoms with Gasteiger partial charge in [-0.25, -0.2) is 0 Å². The second kappa shape index (κ2) is 6.98. The average Bonchev–Trinajstić information content (AvgIpc) is 2.52. The van der Waals surface area contributed by atoms with Crippen molar-refractivity contribution in [3.8, 4) is 11.1 Å². The average molecular weight is 296 g/mol. The molecule has 1 N–H and O–H groups in total. The molecule has 0 spiro atoms. The topological polar surface area (TPSA) is 59.1 Å². The number of Topliss-reactive ketones (excluding diaryl/α,β-unsaturated/α-hetero) is 1. The summed E-state index contributed by atoms with van der Waals surface area (Å²) in [5.74, 6) is 0.277. The van der Waals surface area contributed by atoms with Gasteiger partial charge in [0.1, 0.15) is 0 Å². The first kappa shape index (κ1) is 15.9. The number of rotatable bonds is 5. The molecule has 0 radical (unpaired) electrons. The minimum absolute atomic E-state index is 0.0145. The second-order valence-corrected chi connectivity index (χ2v) is 5.70. The minimum atomic E-state index is -0.134. The molecule has 2 rings (SSSR count). The van der Waals surface area contributed by atoms with E-state index < -0.39 is 0 Å². The molecule has 0 aliphatic rings. The molecule has 1 aromatic heterocycles. The Hall–Kier alpha value is -2.49. The van der Waals surface area contributed by atoms with E-state index in [1.54, 1.807) is 24.5 Å². The highest BCUT2D eigenvalue weighted by molar-refractivity contribution is 5.96. The first-order valence-electron chi connectivity index (χ1n) is 7.32. The Labute approximate surface area is 130 Å². The van der Waals surface area contributed by atoms with E-state index >= 15 is 0 Å². The number of ketones is 1. The van der Waals surface area contributed by atoms with Crippen LogP contribution in [0.5, 0.6) is 0 Å². The summed E-state index contributed by atoms with van der Waals surface area (Å²) in [4.78, 5) is 27.7. The molecule has 0 atom stereocenters. The predicted octanol–water partition coefficient (Wildman–Crippen LogP) is 3.34. The summed E-state index contributed by atoms with van der Waals surface area (Å²) in [6.07, 6.45) is 3.24. The van der Waals surface area contributed by atoms with Crippen LogP contribution in [0.2, 0.25) is 0 Å². The smallest absolute Gasteiger partial charge is 0.252 e. The van der Waals surface area contributed by atoms with Gasteiger partial charge in [0, 0.05) is 30.1 Å². The summed E-state index contributed by atoms with van der Waals surface area (Å²) in [7, 11) is 0. The van der Waals surface area contributed by atoms with Crippen molar-refractivity contribution in [3.05, 3.63) is 53.9 Å². The highest BCUT2D eigenvalue weighted by atomic mass is 16.1.